The summed E-state index contributed by atoms with van der Waals surface area (Å²) < 4.78 is 6.65. The molecule has 1 aliphatic heterocycles. The van der Waals surface area contributed by atoms with Gasteiger partial charge in [-0.15, -0.1) is 0 Å². The van der Waals surface area contributed by atoms with Crippen molar-refractivity contribution in [3.8, 4) is 11.5 Å². The first-order chi connectivity index (χ1) is 21.3. The van der Waals surface area contributed by atoms with Crippen LogP contribution in [0.3, 0.4) is 0 Å². The van der Waals surface area contributed by atoms with Gasteiger partial charge in [0.1, 0.15) is 11.5 Å². The Hall–Kier alpha value is -5.48. The first-order valence-electron chi connectivity index (χ1n) is 14.7. The molecule has 2 aliphatic carbocycles. The quantitative estimate of drug-likeness (QED) is 0.105. The molecule has 4 nitrogen and oxygen atoms in total. The smallest absolute Gasteiger partial charge is 0.179 e. The maximum absolute atomic E-state index is 6.65. The van der Waals surface area contributed by atoms with Crippen LogP contribution in [-0.2, 0) is 5.41 Å². The Bertz CT molecular complexity index is 2000. The van der Waals surface area contributed by atoms with Crippen molar-refractivity contribution < 1.29 is 4.74 Å². The predicted octanol–water partition coefficient (Wildman–Crippen LogP) is 8.40. The lowest BCUT2D eigenvalue weighted by Crippen LogP contribution is -2.34. The van der Waals surface area contributed by atoms with Gasteiger partial charge in [-0.3, -0.25) is 0 Å². The Labute approximate surface area is 251 Å². The Kier molecular flexibility index (Phi) is 5.93. The molecule has 43 heavy (non-hydrogen) atoms. The van der Waals surface area contributed by atoms with E-state index in [1.54, 1.807) is 0 Å². The van der Waals surface area contributed by atoms with Gasteiger partial charge in [-0.2, -0.15) is 5.10 Å². The lowest BCUT2D eigenvalue weighted by Gasteiger charge is -2.41. The molecule has 4 heteroatoms. The molecule has 0 amide bonds. The van der Waals surface area contributed by atoms with Crippen molar-refractivity contribution in [3.63, 3.8) is 0 Å². The average molecular weight is 556 g/mol. The van der Waals surface area contributed by atoms with E-state index < -0.39 is 5.41 Å². The molecule has 206 valence electrons. The molecule has 8 rings (SSSR count). The van der Waals surface area contributed by atoms with Crippen molar-refractivity contribution in [3.05, 3.63) is 184 Å². The first-order valence-corrected chi connectivity index (χ1v) is 14.7. The highest BCUT2D eigenvalue weighted by Gasteiger charge is 2.52. The molecule has 0 saturated carbocycles. The molecule has 1 atom stereocenters. The van der Waals surface area contributed by atoms with E-state index in [-0.39, 0.29) is 0 Å². The number of benzene rings is 5. The van der Waals surface area contributed by atoms with Crippen LogP contribution < -0.4 is 10.6 Å². The lowest BCUT2D eigenvalue weighted by atomic mass is 9.64. The average Bonchev–Trinajstić information content (AvgIpc) is 3.37. The standard InChI is InChI=1S/C39H29N3O/c40-42-38(27-15-5-2-6-16-27)41-37(26-13-3-1-4-14-26)28-23-24-36-34(25-28)39(33-21-11-12-22-35(33)43-36)31-19-9-7-17-29(31)30-18-8-10-20-32(30)39/h1-9,11-19,21-25H,10,20,40H2/b41-37?,42-38-. The van der Waals surface area contributed by atoms with E-state index in [1.807, 2.05) is 48.5 Å². The van der Waals surface area contributed by atoms with E-state index in [1.165, 1.54) is 27.8 Å². The zero-order valence-electron chi connectivity index (χ0n) is 23.6. The summed E-state index contributed by atoms with van der Waals surface area (Å²) in [6.45, 7) is 0. The number of hydrogen-bond acceptors (Lipinski definition) is 3. The summed E-state index contributed by atoms with van der Waals surface area (Å²) in [6.07, 6.45) is 6.61. The van der Waals surface area contributed by atoms with Crippen molar-refractivity contribution >= 4 is 17.1 Å². The van der Waals surface area contributed by atoms with Gasteiger partial charge in [0, 0.05) is 27.8 Å². The van der Waals surface area contributed by atoms with Gasteiger partial charge in [-0.25, -0.2) is 4.99 Å². The van der Waals surface area contributed by atoms with Crippen molar-refractivity contribution in [1.82, 2.24) is 0 Å². The van der Waals surface area contributed by atoms with Crippen LogP contribution in [0.5, 0.6) is 11.5 Å². The number of aliphatic imine (C=N–C) groups is 1. The number of ether oxygens (including phenoxy) is 1. The summed E-state index contributed by atoms with van der Waals surface area (Å²) in [4.78, 5) is 5.12. The van der Waals surface area contributed by atoms with Crippen LogP contribution in [0.4, 0.5) is 0 Å². The van der Waals surface area contributed by atoms with Gasteiger partial charge >= 0.3 is 0 Å². The molecule has 1 spiro atoms. The maximum atomic E-state index is 6.65. The number of nitrogens with two attached hydrogens (primary N) is 1. The molecule has 0 saturated heterocycles. The molecular weight excluding hydrogens is 526 g/mol. The fraction of sp³-hybridized carbons (Fsp3) is 0.0769. The molecule has 1 unspecified atom stereocenters. The second-order valence-electron chi connectivity index (χ2n) is 11.1. The largest absolute Gasteiger partial charge is 0.457 e. The minimum atomic E-state index is -0.469. The van der Waals surface area contributed by atoms with Crippen molar-refractivity contribution in [2.45, 2.75) is 18.3 Å². The molecule has 0 radical (unpaired) electrons. The van der Waals surface area contributed by atoms with E-state index in [0.29, 0.717) is 5.84 Å². The van der Waals surface area contributed by atoms with Crippen LogP contribution in [0, 0.1) is 0 Å². The third-order valence-electron chi connectivity index (χ3n) is 8.83. The van der Waals surface area contributed by atoms with Crippen LogP contribution >= 0.6 is 0 Å². The highest BCUT2D eigenvalue weighted by atomic mass is 16.5. The summed E-state index contributed by atoms with van der Waals surface area (Å²) in [5.74, 6) is 8.18. The van der Waals surface area contributed by atoms with Crippen molar-refractivity contribution in [2.24, 2.45) is 15.9 Å². The minimum absolute atomic E-state index is 0.469. The number of amidine groups is 1. The van der Waals surface area contributed by atoms with Gasteiger partial charge in [-0.05, 0) is 59.4 Å². The van der Waals surface area contributed by atoms with E-state index in [9.17, 15) is 0 Å². The first kappa shape index (κ1) is 25.2. The Morgan fingerprint density at radius 3 is 2.12 bits per heavy atom. The van der Waals surface area contributed by atoms with Crippen molar-refractivity contribution in [1.29, 1.82) is 0 Å². The summed E-state index contributed by atoms with van der Waals surface area (Å²) in [5.41, 5.74) is 10.8. The molecule has 1 heterocycles. The van der Waals surface area contributed by atoms with Crippen LogP contribution in [0.15, 0.2) is 155 Å². The van der Waals surface area contributed by atoms with Gasteiger partial charge < -0.3 is 10.6 Å². The molecule has 0 fully saturated rings. The lowest BCUT2D eigenvalue weighted by molar-refractivity contribution is 0.432. The molecular formula is C39H29N3O. The SMILES string of the molecule is N/N=C(\N=C(c1ccccc1)c1ccc2c(c1)C1(C3=C(C=CCC3)c3ccccc31)c1ccccc1O2)c1ccccc1. The normalized spacial score (nSPS) is 18.5. The Morgan fingerprint density at radius 1 is 0.651 bits per heavy atom. The molecule has 0 aromatic heterocycles. The van der Waals surface area contributed by atoms with Crippen LogP contribution in [0.1, 0.15) is 51.8 Å². The monoisotopic (exact) mass is 555 g/mol. The predicted molar refractivity (Wildman–Crippen MR) is 174 cm³/mol. The highest BCUT2D eigenvalue weighted by Crippen LogP contribution is 2.62. The number of hydrazone groups is 1. The molecule has 2 N–H and O–H groups in total. The Balaban J connectivity index is 1.41. The number of rotatable bonds is 3. The molecule has 3 aliphatic rings. The van der Waals surface area contributed by atoms with Crippen molar-refractivity contribution in [2.75, 3.05) is 0 Å². The zero-order valence-corrected chi connectivity index (χ0v) is 23.6. The summed E-state index contributed by atoms with van der Waals surface area (Å²) in [7, 11) is 0. The van der Waals surface area contributed by atoms with E-state index in [4.69, 9.17) is 15.6 Å². The summed E-state index contributed by atoms with van der Waals surface area (Å²) in [6, 6.07) is 43.9. The van der Waals surface area contributed by atoms with Gasteiger partial charge in [-0.1, -0.05) is 115 Å². The van der Waals surface area contributed by atoms with Gasteiger partial charge in [0.25, 0.3) is 0 Å². The summed E-state index contributed by atoms with van der Waals surface area (Å²) >= 11 is 0. The third-order valence-corrected chi connectivity index (χ3v) is 8.83. The fourth-order valence-electron chi connectivity index (χ4n) is 7.07. The van der Waals surface area contributed by atoms with Gasteiger partial charge in [0.15, 0.2) is 5.84 Å². The van der Waals surface area contributed by atoms with E-state index >= 15 is 0 Å². The van der Waals surface area contributed by atoms with Crippen LogP contribution in [0.25, 0.3) is 5.57 Å². The minimum Gasteiger partial charge on any atom is -0.457 e. The number of nitrogens with zero attached hydrogens (tertiary/aromatic N) is 2. The fourth-order valence-corrected chi connectivity index (χ4v) is 7.07. The van der Waals surface area contributed by atoms with E-state index in [0.717, 1.165) is 52.3 Å². The summed E-state index contributed by atoms with van der Waals surface area (Å²) in [5, 5.41) is 4.11. The maximum Gasteiger partial charge on any atom is 0.179 e. The highest BCUT2D eigenvalue weighted by molar-refractivity contribution is 6.20. The molecule has 0 bridgehead atoms. The third kappa shape index (κ3) is 3.84. The van der Waals surface area contributed by atoms with E-state index in [2.05, 4.69) is 96.1 Å². The number of hydrogen-bond donors (Lipinski definition) is 1. The Morgan fingerprint density at radius 2 is 1.33 bits per heavy atom. The molecule has 5 aromatic rings. The van der Waals surface area contributed by atoms with Gasteiger partial charge in [0.05, 0.1) is 11.1 Å². The van der Waals surface area contributed by atoms with Crippen LogP contribution in [-0.4, -0.2) is 11.5 Å². The molecule has 5 aromatic carbocycles. The zero-order chi connectivity index (χ0) is 28.8. The second kappa shape index (κ2) is 10.1. The number of para-hydroxylation sites is 1. The second-order valence-corrected chi connectivity index (χ2v) is 11.1. The number of allylic oxidation sites excluding steroid dienone is 4. The number of fused-ring (bicyclic) bond motifs is 8. The van der Waals surface area contributed by atoms with Gasteiger partial charge in [0.2, 0.25) is 0 Å². The topological polar surface area (TPSA) is 60.0 Å². The van der Waals surface area contributed by atoms with Crippen LogP contribution in [0.2, 0.25) is 0 Å².